The van der Waals surface area contributed by atoms with Crippen LogP contribution in [-0.2, 0) is 4.79 Å². The number of aryl methyl sites for hydroxylation is 1. The first-order valence-corrected chi connectivity index (χ1v) is 6.57. The third-order valence-electron chi connectivity index (χ3n) is 3.37. The van der Waals surface area contributed by atoms with Crippen molar-refractivity contribution < 1.29 is 14.6 Å². The van der Waals surface area contributed by atoms with Crippen LogP contribution in [0.15, 0.2) is 24.8 Å². The molecule has 0 bridgehead atoms. The first-order valence-electron chi connectivity index (χ1n) is 6.19. The van der Waals surface area contributed by atoms with E-state index in [1.54, 1.807) is 12.1 Å². The largest absolute Gasteiger partial charge is 0.495 e. The summed E-state index contributed by atoms with van der Waals surface area (Å²) in [6.45, 7) is 5.47. The monoisotopic (exact) mass is 293 g/mol. The van der Waals surface area contributed by atoms with Crippen LogP contribution in [0.25, 0.3) is 10.9 Å². The zero-order valence-corrected chi connectivity index (χ0v) is 12.1. The fourth-order valence-corrected chi connectivity index (χ4v) is 2.83. The molecule has 1 aromatic carbocycles. The summed E-state index contributed by atoms with van der Waals surface area (Å²) < 4.78 is 5.20. The minimum absolute atomic E-state index is 0.344. The number of carbonyl (C=O) groups is 1. The van der Waals surface area contributed by atoms with Gasteiger partial charge in [0.15, 0.2) is 0 Å². The van der Waals surface area contributed by atoms with Gasteiger partial charge in [-0.25, -0.2) is 0 Å². The van der Waals surface area contributed by atoms with Crippen molar-refractivity contribution in [3.63, 3.8) is 0 Å². The van der Waals surface area contributed by atoms with E-state index in [-0.39, 0.29) is 0 Å². The fourth-order valence-electron chi connectivity index (χ4n) is 2.48. The number of benzene rings is 1. The lowest BCUT2D eigenvalue weighted by Crippen LogP contribution is -2.11. The lowest BCUT2D eigenvalue weighted by Gasteiger charge is -2.12. The van der Waals surface area contributed by atoms with Crippen molar-refractivity contribution in [1.82, 2.24) is 4.98 Å². The number of fused-ring (bicyclic) bond motifs is 1. The molecule has 0 fully saturated rings. The van der Waals surface area contributed by atoms with Crippen LogP contribution < -0.4 is 4.74 Å². The maximum Gasteiger partial charge on any atom is 0.311 e. The Morgan fingerprint density at radius 1 is 1.60 bits per heavy atom. The van der Waals surface area contributed by atoms with Crippen molar-refractivity contribution in [3.8, 4) is 5.75 Å². The fraction of sp³-hybridized carbons (Fsp3) is 0.267. The highest BCUT2D eigenvalue weighted by atomic mass is 35.5. The van der Waals surface area contributed by atoms with Crippen LogP contribution in [0, 0.1) is 6.92 Å². The van der Waals surface area contributed by atoms with Crippen molar-refractivity contribution in [3.05, 3.63) is 41.1 Å². The van der Waals surface area contributed by atoms with Crippen LogP contribution >= 0.6 is 11.6 Å². The minimum atomic E-state index is -0.896. The van der Waals surface area contributed by atoms with E-state index < -0.39 is 11.9 Å². The van der Waals surface area contributed by atoms with Crippen LogP contribution in [0.1, 0.15) is 23.6 Å². The molecule has 0 amide bonds. The van der Waals surface area contributed by atoms with E-state index in [1.807, 2.05) is 13.0 Å². The topological polar surface area (TPSA) is 62.3 Å². The molecule has 2 rings (SSSR count). The molecule has 2 aromatic rings. The minimum Gasteiger partial charge on any atom is -0.495 e. The predicted molar refractivity (Wildman–Crippen MR) is 79.8 cm³/mol. The Hall–Kier alpha value is -1.94. The quantitative estimate of drug-likeness (QED) is 0.822. The van der Waals surface area contributed by atoms with Gasteiger partial charge in [0.2, 0.25) is 0 Å². The molecule has 0 radical (unpaired) electrons. The Morgan fingerprint density at radius 2 is 2.30 bits per heavy atom. The van der Waals surface area contributed by atoms with Crippen molar-refractivity contribution in [2.75, 3.05) is 7.11 Å². The molecule has 1 unspecified atom stereocenters. The number of ether oxygens (including phenoxy) is 1. The molecule has 2 N–H and O–H groups in total. The SMILES string of the molecule is C=CCC(C(=O)O)c1c(C)[nH]c2ccc(OC)c(Cl)c12. The zero-order chi connectivity index (χ0) is 14.9. The van der Waals surface area contributed by atoms with Gasteiger partial charge in [0, 0.05) is 16.6 Å². The van der Waals surface area contributed by atoms with Crippen LogP contribution in [0.2, 0.25) is 5.02 Å². The smallest absolute Gasteiger partial charge is 0.311 e. The Morgan fingerprint density at radius 3 is 2.85 bits per heavy atom. The first-order chi connectivity index (χ1) is 9.51. The predicted octanol–water partition coefficient (Wildman–Crippen LogP) is 3.88. The molecule has 0 spiro atoms. The average molecular weight is 294 g/mol. The number of halogens is 1. The molecule has 0 saturated heterocycles. The molecule has 0 aliphatic rings. The van der Waals surface area contributed by atoms with E-state index in [1.165, 1.54) is 7.11 Å². The molecule has 5 heteroatoms. The van der Waals surface area contributed by atoms with E-state index in [2.05, 4.69) is 11.6 Å². The van der Waals surface area contributed by atoms with Gasteiger partial charge in [-0.2, -0.15) is 0 Å². The summed E-state index contributed by atoms with van der Waals surface area (Å²) in [5, 5.41) is 10.6. The maximum absolute atomic E-state index is 11.5. The molecule has 20 heavy (non-hydrogen) atoms. The number of carboxylic acids is 1. The van der Waals surface area contributed by atoms with E-state index in [9.17, 15) is 9.90 Å². The lowest BCUT2D eigenvalue weighted by molar-refractivity contribution is -0.138. The number of hydrogen-bond acceptors (Lipinski definition) is 2. The standard InChI is InChI=1S/C15H16ClNO3/c1-4-5-9(15(18)19)12-8(2)17-10-6-7-11(20-3)14(16)13(10)12/h4,6-7,9,17H,1,5H2,2-3H3,(H,18,19). The van der Waals surface area contributed by atoms with Crippen molar-refractivity contribution >= 4 is 28.5 Å². The molecule has 1 heterocycles. The average Bonchev–Trinajstić information content (AvgIpc) is 2.73. The summed E-state index contributed by atoms with van der Waals surface area (Å²) in [6.07, 6.45) is 1.95. The van der Waals surface area contributed by atoms with Crippen LogP contribution in [0.5, 0.6) is 5.75 Å². The second kappa shape index (κ2) is 5.59. The van der Waals surface area contributed by atoms with Crippen molar-refractivity contribution in [2.45, 2.75) is 19.3 Å². The highest BCUT2D eigenvalue weighted by Gasteiger charge is 2.26. The van der Waals surface area contributed by atoms with Gasteiger partial charge in [-0.05, 0) is 31.0 Å². The normalized spacial score (nSPS) is 12.3. The molecule has 106 valence electrons. The summed E-state index contributed by atoms with van der Waals surface area (Å²) >= 11 is 6.35. The van der Waals surface area contributed by atoms with Gasteiger partial charge in [-0.1, -0.05) is 17.7 Å². The molecule has 4 nitrogen and oxygen atoms in total. The van der Waals surface area contributed by atoms with E-state index in [4.69, 9.17) is 16.3 Å². The number of nitrogens with one attached hydrogen (secondary N) is 1. The third-order valence-corrected chi connectivity index (χ3v) is 3.75. The van der Waals surface area contributed by atoms with Crippen molar-refractivity contribution in [1.29, 1.82) is 0 Å². The number of aliphatic carboxylic acids is 1. The van der Waals surface area contributed by atoms with E-state index >= 15 is 0 Å². The number of H-pyrrole nitrogens is 1. The van der Waals surface area contributed by atoms with Gasteiger partial charge in [0.05, 0.1) is 18.1 Å². The first kappa shape index (κ1) is 14.5. The zero-order valence-electron chi connectivity index (χ0n) is 11.4. The lowest BCUT2D eigenvalue weighted by atomic mass is 9.93. The molecular formula is C15H16ClNO3. The van der Waals surface area contributed by atoms with Crippen molar-refractivity contribution in [2.24, 2.45) is 0 Å². The summed E-state index contributed by atoms with van der Waals surface area (Å²) in [5.41, 5.74) is 2.29. The Labute approximate surface area is 122 Å². The number of allylic oxidation sites excluding steroid dienone is 1. The molecular weight excluding hydrogens is 278 g/mol. The molecule has 0 aliphatic heterocycles. The Balaban J connectivity index is 2.76. The van der Waals surface area contributed by atoms with Gasteiger partial charge in [0.1, 0.15) is 5.75 Å². The molecule has 0 aliphatic carbocycles. The summed E-state index contributed by atoms with van der Waals surface area (Å²) in [4.78, 5) is 14.7. The number of methoxy groups -OCH3 is 1. The number of rotatable bonds is 5. The molecule has 0 saturated carbocycles. The van der Waals surface area contributed by atoms with E-state index in [0.29, 0.717) is 28.1 Å². The number of carboxylic acid groups (broad SMARTS) is 1. The highest BCUT2D eigenvalue weighted by molar-refractivity contribution is 6.37. The van der Waals surface area contributed by atoms with Gasteiger partial charge in [-0.15, -0.1) is 6.58 Å². The summed E-state index contributed by atoms with van der Waals surface area (Å²) in [5.74, 6) is -1.04. The summed E-state index contributed by atoms with van der Waals surface area (Å²) in [6, 6.07) is 3.59. The van der Waals surface area contributed by atoms with Gasteiger partial charge >= 0.3 is 5.97 Å². The Bertz CT molecular complexity index is 675. The number of aromatic nitrogens is 1. The highest BCUT2D eigenvalue weighted by Crippen LogP contribution is 2.40. The van der Waals surface area contributed by atoms with Gasteiger partial charge < -0.3 is 14.8 Å². The van der Waals surface area contributed by atoms with E-state index in [0.717, 1.165) is 11.2 Å². The third kappa shape index (κ3) is 2.27. The Kier molecular flexibility index (Phi) is 4.04. The number of aromatic amines is 1. The molecule has 1 aromatic heterocycles. The summed E-state index contributed by atoms with van der Waals surface area (Å²) in [7, 11) is 1.53. The van der Waals surface area contributed by atoms with Crippen LogP contribution in [0.4, 0.5) is 0 Å². The van der Waals surface area contributed by atoms with Crippen LogP contribution in [-0.4, -0.2) is 23.2 Å². The van der Waals surface area contributed by atoms with Gasteiger partial charge in [-0.3, -0.25) is 4.79 Å². The second-order valence-corrected chi connectivity index (χ2v) is 4.96. The molecule has 1 atom stereocenters. The van der Waals surface area contributed by atoms with Gasteiger partial charge in [0.25, 0.3) is 0 Å². The maximum atomic E-state index is 11.5. The van der Waals surface area contributed by atoms with Crippen LogP contribution in [0.3, 0.4) is 0 Å². The number of hydrogen-bond donors (Lipinski definition) is 2. The second-order valence-electron chi connectivity index (χ2n) is 4.58.